The van der Waals surface area contributed by atoms with Gasteiger partial charge in [0.1, 0.15) is 5.82 Å². The molecular formula is C18H18F4N2O3S. The van der Waals surface area contributed by atoms with Crippen LogP contribution < -0.4 is 10.0 Å². The Morgan fingerprint density at radius 1 is 0.929 bits per heavy atom. The Kier molecular flexibility index (Phi) is 5.74. The smallest absolute Gasteiger partial charge is 0.322 e. The van der Waals surface area contributed by atoms with Gasteiger partial charge in [0.25, 0.3) is 5.91 Å². The number of amides is 1. The average molecular weight is 418 g/mol. The van der Waals surface area contributed by atoms with Crippen LogP contribution in [-0.4, -0.2) is 19.1 Å². The molecular weight excluding hydrogens is 400 g/mol. The van der Waals surface area contributed by atoms with Gasteiger partial charge >= 0.3 is 6.18 Å². The molecule has 5 nitrogen and oxygen atoms in total. The van der Waals surface area contributed by atoms with Crippen LogP contribution in [0.4, 0.5) is 28.9 Å². The summed E-state index contributed by atoms with van der Waals surface area (Å²) in [4.78, 5) is 12.2. The lowest BCUT2D eigenvalue weighted by Gasteiger charge is -2.20. The lowest BCUT2D eigenvalue weighted by atomic mass is 10.1. The van der Waals surface area contributed by atoms with Crippen molar-refractivity contribution in [3.8, 4) is 0 Å². The first kappa shape index (κ1) is 21.7. The van der Waals surface area contributed by atoms with Gasteiger partial charge in [-0.1, -0.05) is 0 Å². The van der Waals surface area contributed by atoms with Gasteiger partial charge in [0.15, 0.2) is 0 Å². The van der Waals surface area contributed by atoms with E-state index in [9.17, 15) is 30.8 Å². The topological polar surface area (TPSA) is 75.3 Å². The fourth-order valence-electron chi connectivity index (χ4n) is 2.02. The summed E-state index contributed by atoms with van der Waals surface area (Å²) in [6.07, 6.45) is -4.89. The van der Waals surface area contributed by atoms with Crippen LogP contribution in [0.5, 0.6) is 0 Å². The number of carbonyl (C=O) groups is 1. The van der Waals surface area contributed by atoms with E-state index in [0.717, 1.165) is 6.07 Å². The lowest BCUT2D eigenvalue weighted by molar-refractivity contribution is -0.139. The molecule has 28 heavy (non-hydrogen) atoms. The molecule has 0 atom stereocenters. The molecule has 152 valence electrons. The van der Waals surface area contributed by atoms with Crippen molar-refractivity contribution >= 4 is 27.3 Å². The van der Waals surface area contributed by atoms with Crippen molar-refractivity contribution in [1.29, 1.82) is 0 Å². The highest BCUT2D eigenvalue weighted by atomic mass is 32.2. The molecule has 2 N–H and O–H groups in total. The summed E-state index contributed by atoms with van der Waals surface area (Å²) in [5.74, 6) is -2.18. The minimum atomic E-state index is -4.89. The molecule has 0 heterocycles. The molecule has 0 aliphatic rings. The minimum absolute atomic E-state index is 0.0802. The Bertz CT molecular complexity index is 979. The van der Waals surface area contributed by atoms with Crippen molar-refractivity contribution in [2.45, 2.75) is 31.7 Å². The highest BCUT2D eigenvalue weighted by molar-refractivity contribution is 7.94. The lowest BCUT2D eigenvalue weighted by Crippen LogP contribution is -2.33. The maximum absolute atomic E-state index is 13.3. The van der Waals surface area contributed by atoms with Crippen LogP contribution in [0, 0.1) is 5.82 Å². The van der Waals surface area contributed by atoms with Crippen LogP contribution in [0.2, 0.25) is 0 Å². The van der Waals surface area contributed by atoms with Crippen molar-refractivity contribution in [2.75, 3.05) is 10.0 Å². The molecule has 0 saturated heterocycles. The van der Waals surface area contributed by atoms with Crippen LogP contribution in [0.25, 0.3) is 0 Å². The standard InChI is InChI=1S/C18H18F4N2O3S/c1-17(2,3)28(26,27)24-12-6-4-11(5-7-12)16(25)23-13-8-9-15(19)14(10-13)18(20,21)22/h4-10,24H,1-3H3,(H,23,25). The molecule has 0 aromatic heterocycles. The van der Waals surface area contributed by atoms with E-state index in [2.05, 4.69) is 10.0 Å². The summed E-state index contributed by atoms with van der Waals surface area (Å²) >= 11 is 0. The van der Waals surface area contributed by atoms with Crippen molar-refractivity contribution in [1.82, 2.24) is 0 Å². The summed E-state index contributed by atoms with van der Waals surface area (Å²) < 4.78 is 77.1. The second-order valence-electron chi connectivity index (χ2n) is 6.94. The number of rotatable bonds is 4. The number of carbonyl (C=O) groups excluding carboxylic acids is 1. The van der Waals surface area contributed by atoms with Crippen LogP contribution in [0.15, 0.2) is 42.5 Å². The molecule has 0 fully saturated rings. The van der Waals surface area contributed by atoms with E-state index in [0.29, 0.717) is 12.1 Å². The molecule has 0 radical (unpaired) electrons. The molecule has 2 rings (SSSR count). The molecule has 0 unspecified atom stereocenters. The molecule has 0 aliphatic carbocycles. The van der Waals surface area contributed by atoms with Gasteiger partial charge in [-0.05, 0) is 63.2 Å². The first-order valence-corrected chi connectivity index (χ1v) is 9.49. The number of hydrogen-bond donors (Lipinski definition) is 2. The monoisotopic (exact) mass is 418 g/mol. The number of benzene rings is 2. The van der Waals surface area contributed by atoms with Gasteiger partial charge in [0.05, 0.1) is 10.3 Å². The number of nitrogens with one attached hydrogen (secondary N) is 2. The van der Waals surface area contributed by atoms with Crippen LogP contribution >= 0.6 is 0 Å². The van der Waals surface area contributed by atoms with Crippen LogP contribution in [-0.2, 0) is 16.2 Å². The van der Waals surface area contributed by atoms with E-state index in [1.165, 1.54) is 45.0 Å². The van der Waals surface area contributed by atoms with Crippen molar-refractivity contribution in [3.05, 3.63) is 59.4 Å². The summed E-state index contributed by atoms with van der Waals surface area (Å²) in [6.45, 7) is 4.57. The second kappa shape index (κ2) is 7.42. The van der Waals surface area contributed by atoms with Gasteiger partial charge in [0.2, 0.25) is 10.0 Å². The molecule has 2 aromatic carbocycles. The Morgan fingerprint density at radius 2 is 1.46 bits per heavy atom. The molecule has 1 amide bonds. The third kappa shape index (κ3) is 5.00. The highest BCUT2D eigenvalue weighted by Gasteiger charge is 2.34. The van der Waals surface area contributed by atoms with Gasteiger partial charge in [-0.3, -0.25) is 9.52 Å². The predicted octanol–water partition coefficient (Wildman–Crippen LogP) is 4.64. The van der Waals surface area contributed by atoms with Gasteiger partial charge in [-0.15, -0.1) is 0 Å². The van der Waals surface area contributed by atoms with E-state index in [4.69, 9.17) is 0 Å². The van der Waals surface area contributed by atoms with E-state index in [1.807, 2.05) is 0 Å². The van der Waals surface area contributed by atoms with E-state index >= 15 is 0 Å². The highest BCUT2D eigenvalue weighted by Crippen LogP contribution is 2.33. The summed E-state index contributed by atoms with van der Waals surface area (Å²) in [5, 5.41) is 2.25. The SMILES string of the molecule is CC(C)(C)S(=O)(=O)Nc1ccc(C(=O)Nc2ccc(F)c(C(F)(F)F)c2)cc1. The number of anilines is 2. The van der Waals surface area contributed by atoms with Crippen molar-refractivity contribution in [3.63, 3.8) is 0 Å². The largest absolute Gasteiger partial charge is 0.419 e. The molecule has 0 saturated carbocycles. The zero-order chi connectivity index (χ0) is 21.3. The Labute approximate surface area is 159 Å². The summed E-state index contributed by atoms with van der Waals surface area (Å²) in [6, 6.07) is 7.44. The fraction of sp³-hybridized carbons (Fsp3) is 0.278. The van der Waals surface area contributed by atoms with E-state index in [1.54, 1.807) is 0 Å². The summed E-state index contributed by atoms with van der Waals surface area (Å²) in [7, 11) is -3.65. The predicted molar refractivity (Wildman–Crippen MR) is 98.1 cm³/mol. The van der Waals surface area contributed by atoms with Crippen molar-refractivity contribution in [2.24, 2.45) is 0 Å². The quantitative estimate of drug-likeness (QED) is 0.711. The third-order valence-electron chi connectivity index (χ3n) is 3.74. The Balaban J connectivity index is 2.16. The first-order chi connectivity index (χ1) is 12.7. The fourth-order valence-corrected chi connectivity index (χ4v) is 2.77. The zero-order valence-corrected chi connectivity index (χ0v) is 16.0. The van der Waals surface area contributed by atoms with Gasteiger partial charge in [-0.2, -0.15) is 13.2 Å². The first-order valence-electron chi connectivity index (χ1n) is 8.01. The molecule has 10 heteroatoms. The normalized spacial score (nSPS) is 12.5. The zero-order valence-electron chi connectivity index (χ0n) is 15.2. The third-order valence-corrected chi connectivity index (χ3v) is 5.85. The summed E-state index contributed by atoms with van der Waals surface area (Å²) in [5.41, 5.74) is -1.40. The Morgan fingerprint density at radius 3 is 1.96 bits per heavy atom. The van der Waals surface area contributed by atoms with Gasteiger partial charge in [-0.25, -0.2) is 12.8 Å². The number of sulfonamides is 1. The Hall–Kier alpha value is -2.62. The number of halogens is 4. The van der Waals surface area contributed by atoms with Gasteiger partial charge < -0.3 is 5.32 Å². The maximum atomic E-state index is 13.3. The average Bonchev–Trinajstić information content (AvgIpc) is 2.54. The molecule has 0 spiro atoms. The van der Waals surface area contributed by atoms with E-state index in [-0.39, 0.29) is 16.9 Å². The minimum Gasteiger partial charge on any atom is -0.322 e. The van der Waals surface area contributed by atoms with Gasteiger partial charge in [0, 0.05) is 16.9 Å². The number of alkyl halides is 3. The second-order valence-corrected chi connectivity index (χ2v) is 9.38. The van der Waals surface area contributed by atoms with Crippen LogP contribution in [0.3, 0.4) is 0 Å². The van der Waals surface area contributed by atoms with Crippen molar-refractivity contribution < 1.29 is 30.8 Å². The maximum Gasteiger partial charge on any atom is 0.419 e. The van der Waals surface area contributed by atoms with E-state index < -0.39 is 38.2 Å². The number of hydrogen-bond acceptors (Lipinski definition) is 3. The molecule has 0 aliphatic heterocycles. The molecule has 0 bridgehead atoms. The van der Waals surface area contributed by atoms with Crippen LogP contribution in [0.1, 0.15) is 36.7 Å². The molecule has 2 aromatic rings.